The van der Waals surface area contributed by atoms with Gasteiger partial charge < -0.3 is 10.4 Å². The smallest absolute Gasteiger partial charge is 0.228 e. The summed E-state index contributed by atoms with van der Waals surface area (Å²) in [4.78, 5) is 15.3. The summed E-state index contributed by atoms with van der Waals surface area (Å²) in [5.74, 6) is 1.25. The molecule has 14 heavy (non-hydrogen) atoms. The molecule has 0 unspecified atom stereocenters. The zero-order chi connectivity index (χ0) is 10.1. The number of nitrogens with zero attached hydrogens (tertiary/aromatic N) is 1. The standard InChI is InChI=1S/C10H12N2O2/c1-6-4-8(6)10(14)12-9-3-2-7(13)5-11-9/h2-3,5-6,8,13H,4H2,1H3,(H,11,12,14)/t6-,8-/m1/s1. The van der Waals surface area contributed by atoms with Crippen molar-refractivity contribution >= 4 is 11.7 Å². The highest BCUT2D eigenvalue weighted by molar-refractivity contribution is 5.93. The number of aromatic nitrogens is 1. The third-order valence-corrected chi connectivity index (χ3v) is 2.45. The van der Waals surface area contributed by atoms with Gasteiger partial charge in [-0.1, -0.05) is 6.92 Å². The molecule has 0 aromatic carbocycles. The first-order valence-corrected chi connectivity index (χ1v) is 4.62. The second-order valence-corrected chi connectivity index (χ2v) is 3.71. The Hall–Kier alpha value is -1.58. The lowest BCUT2D eigenvalue weighted by Crippen LogP contribution is -2.15. The van der Waals surface area contributed by atoms with Crippen LogP contribution in [0.5, 0.6) is 5.75 Å². The van der Waals surface area contributed by atoms with Gasteiger partial charge in [0.2, 0.25) is 5.91 Å². The number of anilines is 1. The molecular formula is C10H12N2O2. The Bertz CT molecular complexity index is 348. The Morgan fingerprint density at radius 2 is 2.36 bits per heavy atom. The van der Waals surface area contributed by atoms with E-state index in [9.17, 15) is 4.79 Å². The number of pyridine rings is 1. The number of aromatic hydroxyl groups is 1. The van der Waals surface area contributed by atoms with Crippen LogP contribution in [0.4, 0.5) is 5.82 Å². The summed E-state index contributed by atoms with van der Waals surface area (Å²) in [7, 11) is 0. The number of rotatable bonds is 2. The molecule has 0 bridgehead atoms. The monoisotopic (exact) mass is 192 g/mol. The number of carbonyl (C=O) groups is 1. The summed E-state index contributed by atoms with van der Waals surface area (Å²) in [5.41, 5.74) is 0. The SMILES string of the molecule is C[C@@H]1C[C@H]1C(=O)Nc1ccc(O)cn1. The first kappa shape index (κ1) is 8.99. The van der Waals surface area contributed by atoms with Gasteiger partial charge in [-0.15, -0.1) is 0 Å². The van der Waals surface area contributed by atoms with Crippen LogP contribution >= 0.6 is 0 Å². The molecular weight excluding hydrogens is 180 g/mol. The van der Waals surface area contributed by atoms with E-state index in [-0.39, 0.29) is 17.6 Å². The van der Waals surface area contributed by atoms with E-state index in [1.807, 2.05) is 0 Å². The normalized spacial score (nSPS) is 24.4. The minimum Gasteiger partial charge on any atom is -0.506 e. The van der Waals surface area contributed by atoms with Crippen LogP contribution in [-0.2, 0) is 4.79 Å². The van der Waals surface area contributed by atoms with Crippen molar-refractivity contribution in [1.82, 2.24) is 4.98 Å². The minimum absolute atomic E-state index is 0.0238. The van der Waals surface area contributed by atoms with Gasteiger partial charge in [-0.2, -0.15) is 0 Å². The minimum atomic E-state index is 0.0238. The van der Waals surface area contributed by atoms with Gasteiger partial charge in [0.05, 0.1) is 6.20 Å². The lowest BCUT2D eigenvalue weighted by atomic mass is 10.3. The van der Waals surface area contributed by atoms with Crippen molar-refractivity contribution in [3.8, 4) is 5.75 Å². The molecule has 1 fully saturated rings. The quantitative estimate of drug-likeness (QED) is 0.744. The van der Waals surface area contributed by atoms with Gasteiger partial charge in [-0.05, 0) is 24.5 Å². The van der Waals surface area contributed by atoms with Crippen LogP contribution in [0.2, 0.25) is 0 Å². The Morgan fingerprint density at radius 1 is 1.64 bits per heavy atom. The van der Waals surface area contributed by atoms with Gasteiger partial charge in [-0.25, -0.2) is 4.98 Å². The highest BCUT2D eigenvalue weighted by atomic mass is 16.3. The van der Waals surface area contributed by atoms with Gasteiger partial charge in [0.15, 0.2) is 0 Å². The molecule has 0 radical (unpaired) electrons. The molecule has 0 aliphatic heterocycles. The highest BCUT2D eigenvalue weighted by Gasteiger charge is 2.39. The number of hydrogen-bond donors (Lipinski definition) is 2. The van der Waals surface area contributed by atoms with E-state index in [1.54, 1.807) is 6.07 Å². The summed E-state index contributed by atoms with van der Waals surface area (Å²) < 4.78 is 0. The molecule has 1 aromatic heterocycles. The second kappa shape index (κ2) is 3.29. The molecule has 4 nitrogen and oxygen atoms in total. The van der Waals surface area contributed by atoms with Crippen LogP contribution < -0.4 is 5.32 Å². The van der Waals surface area contributed by atoms with Gasteiger partial charge in [0.25, 0.3) is 0 Å². The third-order valence-electron chi connectivity index (χ3n) is 2.45. The highest BCUT2D eigenvalue weighted by Crippen LogP contribution is 2.38. The van der Waals surface area contributed by atoms with Crippen LogP contribution in [0.3, 0.4) is 0 Å². The number of carbonyl (C=O) groups excluding carboxylic acids is 1. The third kappa shape index (κ3) is 1.84. The Kier molecular flexibility index (Phi) is 2.11. The van der Waals surface area contributed by atoms with E-state index in [1.165, 1.54) is 12.3 Å². The molecule has 1 amide bonds. The molecule has 0 spiro atoms. The fourth-order valence-corrected chi connectivity index (χ4v) is 1.37. The maximum absolute atomic E-state index is 11.5. The van der Waals surface area contributed by atoms with Crippen LogP contribution in [0.25, 0.3) is 0 Å². The van der Waals surface area contributed by atoms with Crippen LogP contribution in [0.15, 0.2) is 18.3 Å². The molecule has 1 aliphatic rings. The predicted octanol–water partition coefficient (Wildman–Crippen LogP) is 1.38. The fourth-order valence-electron chi connectivity index (χ4n) is 1.37. The second-order valence-electron chi connectivity index (χ2n) is 3.71. The van der Waals surface area contributed by atoms with Crippen molar-refractivity contribution in [3.05, 3.63) is 18.3 Å². The van der Waals surface area contributed by atoms with Crippen LogP contribution in [0, 0.1) is 11.8 Å². The van der Waals surface area contributed by atoms with E-state index in [0.29, 0.717) is 11.7 Å². The van der Waals surface area contributed by atoms with Crippen molar-refractivity contribution in [1.29, 1.82) is 0 Å². The number of amides is 1. The molecule has 1 aromatic rings. The molecule has 1 aliphatic carbocycles. The zero-order valence-corrected chi connectivity index (χ0v) is 7.90. The summed E-state index contributed by atoms with van der Waals surface area (Å²) in [5, 5.41) is 11.7. The molecule has 2 N–H and O–H groups in total. The van der Waals surface area contributed by atoms with Crippen LogP contribution in [0.1, 0.15) is 13.3 Å². The van der Waals surface area contributed by atoms with E-state index >= 15 is 0 Å². The number of hydrogen-bond acceptors (Lipinski definition) is 3. The summed E-state index contributed by atoms with van der Waals surface area (Å²) >= 11 is 0. The van der Waals surface area contributed by atoms with Gasteiger partial charge in [0, 0.05) is 5.92 Å². The first-order chi connectivity index (χ1) is 6.66. The zero-order valence-electron chi connectivity index (χ0n) is 7.90. The molecule has 2 atom stereocenters. The topological polar surface area (TPSA) is 62.2 Å². The van der Waals surface area contributed by atoms with Crippen molar-refractivity contribution in [2.75, 3.05) is 5.32 Å². The van der Waals surface area contributed by atoms with Gasteiger partial charge in [-0.3, -0.25) is 4.79 Å². The van der Waals surface area contributed by atoms with Crippen molar-refractivity contribution in [3.63, 3.8) is 0 Å². The summed E-state index contributed by atoms with van der Waals surface area (Å²) in [6, 6.07) is 3.08. The maximum atomic E-state index is 11.5. The predicted molar refractivity (Wildman–Crippen MR) is 51.8 cm³/mol. The Balaban J connectivity index is 1.97. The first-order valence-electron chi connectivity index (χ1n) is 4.62. The van der Waals surface area contributed by atoms with Gasteiger partial charge in [0.1, 0.15) is 11.6 Å². The van der Waals surface area contributed by atoms with E-state index in [2.05, 4.69) is 17.2 Å². The average Bonchev–Trinajstić information content (AvgIpc) is 2.87. The van der Waals surface area contributed by atoms with Crippen molar-refractivity contribution in [2.24, 2.45) is 11.8 Å². The summed E-state index contributed by atoms with van der Waals surface area (Å²) in [6.07, 6.45) is 2.27. The van der Waals surface area contributed by atoms with Crippen molar-refractivity contribution in [2.45, 2.75) is 13.3 Å². The molecule has 74 valence electrons. The maximum Gasteiger partial charge on any atom is 0.228 e. The fraction of sp³-hybridized carbons (Fsp3) is 0.400. The van der Waals surface area contributed by atoms with Crippen molar-refractivity contribution < 1.29 is 9.90 Å². The lowest BCUT2D eigenvalue weighted by molar-refractivity contribution is -0.117. The summed E-state index contributed by atoms with van der Waals surface area (Å²) in [6.45, 7) is 2.05. The molecule has 0 saturated heterocycles. The molecule has 4 heteroatoms. The molecule has 2 rings (SSSR count). The number of nitrogens with one attached hydrogen (secondary N) is 1. The molecule has 1 heterocycles. The van der Waals surface area contributed by atoms with E-state index < -0.39 is 0 Å². The average molecular weight is 192 g/mol. The van der Waals surface area contributed by atoms with E-state index in [0.717, 1.165) is 6.42 Å². The van der Waals surface area contributed by atoms with E-state index in [4.69, 9.17) is 5.11 Å². The largest absolute Gasteiger partial charge is 0.506 e. The lowest BCUT2D eigenvalue weighted by Gasteiger charge is -2.02. The molecule has 1 saturated carbocycles. The van der Waals surface area contributed by atoms with Crippen LogP contribution in [-0.4, -0.2) is 16.0 Å². The Labute approximate surface area is 82.0 Å². The van der Waals surface area contributed by atoms with Gasteiger partial charge >= 0.3 is 0 Å². The Morgan fingerprint density at radius 3 is 2.86 bits per heavy atom.